The summed E-state index contributed by atoms with van der Waals surface area (Å²) in [6.07, 6.45) is 3.88. The minimum absolute atomic E-state index is 0.152. The molecule has 0 aromatic heterocycles. The monoisotopic (exact) mass is 184 g/mol. The fourth-order valence-electron chi connectivity index (χ4n) is 2.47. The van der Waals surface area contributed by atoms with Crippen molar-refractivity contribution in [2.24, 2.45) is 0 Å². The molecule has 0 unspecified atom stereocenters. The second-order valence-electron chi connectivity index (χ2n) is 4.21. The molecule has 2 aliphatic rings. The fraction of sp³-hybridized carbons (Fsp3) is 1.00. The molecule has 0 spiro atoms. The van der Waals surface area contributed by atoms with Crippen LogP contribution in [0.15, 0.2) is 0 Å². The lowest BCUT2D eigenvalue weighted by molar-refractivity contribution is 0.0305. The first-order valence-corrected chi connectivity index (χ1v) is 5.47. The molecule has 2 N–H and O–H groups in total. The summed E-state index contributed by atoms with van der Waals surface area (Å²) in [6.45, 7) is 5.01. The lowest BCUT2D eigenvalue weighted by atomic mass is 9.90. The van der Waals surface area contributed by atoms with Crippen molar-refractivity contribution in [3.8, 4) is 0 Å². The van der Waals surface area contributed by atoms with Crippen molar-refractivity contribution >= 4 is 0 Å². The van der Waals surface area contributed by atoms with Crippen LogP contribution in [-0.2, 0) is 0 Å². The van der Waals surface area contributed by atoms with Gasteiger partial charge in [0, 0.05) is 25.2 Å². The topological polar surface area (TPSA) is 35.5 Å². The summed E-state index contributed by atoms with van der Waals surface area (Å²) in [5, 5.41) is 13.0. The fourth-order valence-corrected chi connectivity index (χ4v) is 2.47. The van der Waals surface area contributed by atoms with E-state index in [4.69, 9.17) is 0 Å². The highest BCUT2D eigenvalue weighted by Gasteiger charge is 2.35. The molecule has 3 heteroatoms. The number of nitrogens with zero attached hydrogens (tertiary/aromatic N) is 1. The van der Waals surface area contributed by atoms with E-state index in [1.807, 2.05) is 0 Å². The van der Waals surface area contributed by atoms with Crippen LogP contribution in [0.5, 0.6) is 0 Å². The van der Waals surface area contributed by atoms with Crippen LogP contribution in [0, 0.1) is 0 Å². The summed E-state index contributed by atoms with van der Waals surface area (Å²) in [5.74, 6) is 0. The van der Waals surface area contributed by atoms with E-state index in [0.29, 0.717) is 6.04 Å². The number of nitrogens with one attached hydrogen (secondary N) is 1. The molecule has 3 nitrogen and oxygen atoms in total. The Kier molecular flexibility index (Phi) is 2.86. The molecular formula is C10H20N2O. The molecule has 2 atom stereocenters. The van der Waals surface area contributed by atoms with E-state index >= 15 is 0 Å². The molecule has 1 saturated heterocycles. The molecular weight excluding hydrogens is 164 g/mol. The Morgan fingerprint density at radius 1 is 1.38 bits per heavy atom. The number of aliphatic hydroxyl groups excluding tert-OH is 1. The summed E-state index contributed by atoms with van der Waals surface area (Å²) in [4.78, 5) is 2.48. The van der Waals surface area contributed by atoms with Crippen LogP contribution in [0.25, 0.3) is 0 Å². The van der Waals surface area contributed by atoms with Gasteiger partial charge in [0.25, 0.3) is 0 Å². The predicted molar refractivity (Wildman–Crippen MR) is 52.7 cm³/mol. The lowest BCUT2D eigenvalue weighted by Crippen LogP contribution is -2.51. The van der Waals surface area contributed by atoms with E-state index in [1.54, 1.807) is 0 Å². The van der Waals surface area contributed by atoms with Crippen molar-refractivity contribution in [1.82, 2.24) is 10.2 Å². The summed E-state index contributed by atoms with van der Waals surface area (Å²) in [7, 11) is 0. The zero-order chi connectivity index (χ0) is 9.26. The van der Waals surface area contributed by atoms with Crippen LogP contribution in [0.3, 0.4) is 0 Å². The van der Waals surface area contributed by atoms with E-state index in [0.717, 1.165) is 25.7 Å². The minimum Gasteiger partial charge on any atom is -0.390 e. The van der Waals surface area contributed by atoms with Gasteiger partial charge in [0.2, 0.25) is 0 Å². The van der Waals surface area contributed by atoms with Gasteiger partial charge in [-0.15, -0.1) is 0 Å². The molecule has 76 valence electrons. The Hall–Kier alpha value is -0.120. The first-order chi connectivity index (χ1) is 6.33. The smallest absolute Gasteiger partial charge is 0.0831 e. The molecule has 0 amide bonds. The minimum atomic E-state index is -0.152. The van der Waals surface area contributed by atoms with Gasteiger partial charge in [0.1, 0.15) is 0 Å². The Bertz CT molecular complexity index is 170. The highest BCUT2D eigenvalue weighted by molar-refractivity contribution is 4.93. The van der Waals surface area contributed by atoms with Crippen molar-refractivity contribution < 1.29 is 5.11 Å². The summed E-state index contributed by atoms with van der Waals surface area (Å²) in [5.41, 5.74) is 0. The first-order valence-electron chi connectivity index (χ1n) is 5.47. The van der Waals surface area contributed by atoms with E-state index in [9.17, 15) is 5.11 Å². The first kappa shape index (κ1) is 9.44. The lowest BCUT2D eigenvalue weighted by Gasteiger charge is -2.41. The van der Waals surface area contributed by atoms with Gasteiger partial charge in [-0.05, 0) is 19.4 Å². The van der Waals surface area contributed by atoms with Crippen LogP contribution in [0.1, 0.15) is 26.2 Å². The molecule has 0 aromatic rings. The number of hydrogen-bond donors (Lipinski definition) is 2. The predicted octanol–water partition coefficient (Wildman–Crippen LogP) is 0.193. The number of hydrogen-bond acceptors (Lipinski definition) is 3. The van der Waals surface area contributed by atoms with Crippen LogP contribution >= 0.6 is 0 Å². The average Bonchev–Trinajstić information content (AvgIpc) is 2.43. The van der Waals surface area contributed by atoms with E-state index < -0.39 is 0 Å². The molecule has 0 radical (unpaired) electrons. The Morgan fingerprint density at radius 3 is 2.54 bits per heavy atom. The second kappa shape index (κ2) is 3.95. The molecule has 1 saturated carbocycles. The summed E-state index contributed by atoms with van der Waals surface area (Å²) in [6, 6.07) is 1.12. The molecule has 1 aliphatic heterocycles. The normalized spacial score (nSPS) is 35.3. The quantitative estimate of drug-likeness (QED) is 0.657. The molecule has 1 aliphatic carbocycles. The molecule has 1 heterocycles. The van der Waals surface area contributed by atoms with Gasteiger partial charge in [-0.1, -0.05) is 13.3 Å². The van der Waals surface area contributed by atoms with Gasteiger partial charge in [-0.3, -0.25) is 4.90 Å². The van der Waals surface area contributed by atoms with Crippen molar-refractivity contribution in [1.29, 1.82) is 0 Å². The Morgan fingerprint density at radius 2 is 2.15 bits per heavy atom. The van der Waals surface area contributed by atoms with Gasteiger partial charge >= 0.3 is 0 Å². The zero-order valence-corrected chi connectivity index (χ0v) is 8.37. The number of β-amino-alcohol motifs (C(OH)–C–C–N with tert-alkyl or cyclic N) is 1. The SMILES string of the molecule is CCN(C1CCC1)[C@@H]1CNC[C@H]1O. The third-order valence-corrected chi connectivity index (χ3v) is 3.49. The average molecular weight is 184 g/mol. The highest BCUT2D eigenvalue weighted by Crippen LogP contribution is 2.27. The van der Waals surface area contributed by atoms with Crippen LogP contribution in [0.2, 0.25) is 0 Å². The molecule has 2 fully saturated rings. The second-order valence-corrected chi connectivity index (χ2v) is 4.21. The van der Waals surface area contributed by atoms with Gasteiger partial charge in [-0.2, -0.15) is 0 Å². The van der Waals surface area contributed by atoms with E-state index in [-0.39, 0.29) is 6.10 Å². The van der Waals surface area contributed by atoms with Crippen molar-refractivity contribution in [2.75, 3.05) is 19.6 Å². The Labute approximate surface area is 80.1 Å². The molecule has 13 heavy (non-hydrogen) atoms. The van der Waals surface area contributed by atoms with Gasteiger partial charge in [-0.25, -0.2) is 0 Å². The van der Waals surface area contributed by atoms with E-state index in [1.165, 1.54) is 19.3 Å². The summed E-state index contributed by atoms with van der Waals surface area (Å²) >= 11 is 0. The van der Waals surface area contributed by atoms with Crippen LogP contribution in [-0.4, -0.2) is 47.8 Å². The van der Waals surface area contributed by atoms with Gasteiger partial charge in [0.15, 0.2) is 0 Å². The third-order valence-electron chi connectivity index (χ3n) is 3.49. The third kappa shape index (κ3) is 1.73. The number of rotatable bonds is 3. The highest BCUT2D eigenvalue weighted by atomic mass is 16.3. The molecule has 0 aromatic carbocycles. The maximum Gasteiger partial charge on any atom is 0.0831 e. The van der Waals surface area contributed by atoms with Crippen molar-refractivity contribution in [2.45, 2.75) is 44.4 Å². The standard InChI is InChI=1S/C10H20N2O/c1-2-12(8-4-3-5-8)9-6-11-7-10(9)13/h8-11,13H,2-7H2,1H3/t9-,10-/m1/s1. The largest absolute Gasteiger partial charge is 0.390 e. The van der Waals surface area contributed by atoms with Gasteiger partial charge in [0.05, 0.1) is 6.10 Å². The van der Waals surface area contributed by atoms with Crippen LogP contribution < -0.4 is 5.32 Å². The molecule has 0 bridgehead atoms. The van der Waals surface area contributed by atoms with Crippen molar-refractivity contribution in [3.63, 3.8) is 0 Å². The summed E-state index contributed by atoms with van der Waals surface area (Å²) < 4.78 is 0. The van der Waals surface area contributed by atoms with Crippen LogP contribution in [0.4, 0.5) is 0 Å². The van der Waals surface area contributed by atoms with Gasteiger partial charge < -0.3 is 10.4 Å². The zero-order valence-electron chi connectivity index (χ0n) is 8.37. The maximum atomic E-state index is 9.75. The Balaban J connectivity index is 1.94. The number of likely N-dealkylation sites (N-methyl/N-ethyl adjacent to an activating group) is 1. The maximum absolute atomic E-state index is 9.75. The van der Waals surface area contributed by atoms with Crippen molar-refractivity contribution in [3.05, 3.63) is 0 Å². The van der Waals surface area contributed by atoms with E-state index in [2.05, 4.69) is 17.1 Å². The molecule has 2 rings (SSSR count). The number of aliphatic hydroxyl groups is 1.